The number of pyridine rings is 1. The normalized spacial score (nSPS) is 11.4. The van der Waals surface area contributed by atoms with E-state index >= 15 is 0 Å². The Labute approximate surface area is 112 Å². The number of aromatic nitrogens is 3. The van der Waals surface area contributed by atoms with Gasteiger partial charge in [0, 0.05) is 11.9 Å². The Morgan fingerprint density at radius 1 is 1.35 bits per heavy atom. The Hall–Kier alpha value is -2.38. The maximum Gasteiger partial charge on any atom is 0.416 e. The SMILES string of the molecule is COC(=O)c1cnn(-c2cc(C(F)(F)F)cc(C)n2)c1. The first-order valence-corrected chi connectivity index (χ1v) is 5.50. The molecule has 20 heavy (non-hydrogen) atoms. The molecule has 0 aromatic carbocycles. The molecule has 0 fully saturated rings. The number of halogens is 3. The van der Waals surface area contributed by atoms with Crippen molar-refractivity contribution in [3.05, 3.63) is 41.3 Å². The highest BCUT2D eigenvalue weighted by Crippen LogP contribution is 2.30. The van der Waals surface area contributed by atoms with Gasteiger partial charge in [0.25, 0.3) is 0 Å². The molecular formula is C12H10F3N3O2. The zero-order valence-corrected chi connectivity index (χ0v) is 10.6. The van der Waals surface area contributed by atoms with E-state index in [9.17, 15) is 18.0 Å². The minimum atomic E-state index is -4.47. The Bertz CT molecular complexity index is 650. The molecule has 0 aliphatic heterocycles. The van der Waals surface area contributed by atoms with Crippen LogP contribution in [0.3, 0.4) is 0 Å². The second-order valence-corrected chi connectivity index (χ2v) is 4.02. The van der Waals surface area contributed by atoms with E-state index in [1.165, 1.54) is 26.4 Å². The predicted molar refractivity (Wildman–Crippen MR) is 62.4 cm³/mol. The average Bonchev–Trinajstić information content (AvgIpc) is 2.85. The van der Waals surface area contributed by atoms with Crippen LogP contribution < -0.4 is 0 Å². The van der Waals surface area contributed by atoms with Crippen LogP contribution in [0.5, 0.6) is 0 Å². The van der Waals surface area contributed by atoms with Crippen LogP contribution in [-0.4, -0.2) is 27.8 Å². The van der Waals surface area contributed by atoms with Gasteiger partial charge in [-0.3, -0.25) is 0 Å². The average molecular weight is 285 g/mol. The topological polar surface area (TPSA) is 57.0 Å². The molecule has 2 rings (SSSR count). The Kier molecular flexibility index (Phi) is 3.47. The van der Waals surface area contributed by atoms with Crippen molar-refractivity contribution in [3.63, 3.8) is 0 Å². The van der Waals surface area contributed by atoms with Gasteiger partial charge in [-0.15, -0.1) is 0 Å². The summed E-state index contributed by atoms with van der Waals surface area (Å²) in [4.78, 5) is 15.2. The summed E-state index contributed by atoms with van der Waals surface area (Å²) in [5, 5.41) is 3.81. The van der Waals surface area contributed by atoms with Gasteiger partial charge in [-0.05, 0) is 19.1 Å². The lowest BCUT2D eigenvalue weighted by molar-refractivity contribution is -0.137. The summed E-state index contributed by atoms with van der Waals surface area (Å²) in [7, 11) is 1.20. The van der Waals surface area contributed by atoms with E-state index in [-0.39, 0.29) is 17.1 Å². The van der Waals surface area contributed by atoms with E-state index in [0.717, 1.165) is 16.8 Å². The zero-order chi connectivity index (χ0) is 14.9. The fourth-order valence-electron chi connectivity index (χ4n) is 1.60. The van der Waals surface area contributed by atoms with Crippen LogP contribution >= 0.6 is 0 Å². The van der Waals surface area contributed by atoms with Gasteiger partial charge in [-0.1, -0.05) is 0 Å². The molecule has 0 amide bonds. The van der Waals surface area contributed by atoms with Crippen LogP contribution in [0.25, 0.3) is 5.82 Å². The fourth-order valence-corrected chi connectivity index (χ4v) is 1.60. The number of esters is 1. The van der Waals surface area contributed by atoms with Gasteiger partial charge >= 0.3 is 12.1 Å². The van der Waals surface area contributed by atoms with Gasteiger partial charge in [0.15, 0.2) is 5.82 Å². The van der Waals surface area contributed by atoms with Crippen LogP contribution in [0.2, 0.25) is 0 Å². The van der Waals surface area contributed by atoms with Gasteiger partial charge < -0.3 is 4.74 Å². The van der Waals surface area contributed by atoms with E-state index in [1.54, 1.807) is 0 Å². The number of alkyl halides is 3. The van der Waals surface area contributed by atoms with Crippen LogP contribution in [0.4, 0.5) is 13.2 Å². The van der Waals surface area contributed by atoms with E-state index in [0.29, 0.717) is 0 Å². The molecule has 0 saturated heterocycles. The Balaban J connectivity index is 2.45. The van der Waals surface area contributed by atoms with Crippen molar-refractivity contribution in [2.24, 2.45) is 0 Å². The third-order valence-corrected chi connectivity index (χ3v) is 2.51. The Morgan fingerprint density at radius 2 is 2.05 bits per heavy atom. The van der Waals surface area contributed by atoms with E-state index in [2.05, 4.69) is 14.8 Å². The Morgan fingerprint density at radius 3 is 2.65 bits per heavy atom. The number of hydrogen-bond acceptors (Lipinski definition) is 4. The maximum absolute atomic E-state index is 12.7. The first kappa shape index (κ1) is 14.0. The molecule has 8 heteroatoms. The molecule has 0 atom stereocenters. The maximum atomic E-state index is 12.7. The lowest BCUT2D eigenvalue weighted by Gasteiger charge is -2.09. The fraction of sp³-hybridized carbons (Fsp3) is 0.250. The number of methoxy groups -OCH3 is 1. The molecule has 0 N–H and O–H groups in total. The molecular weight excluding hydrogens is 275 g/mol. The molecule has 0 unspecified atom stereocenters. The monoisotopic (exact) mass is 285 g/mol. The van der Waals surface area contributed by atoms with Gasteiger partial charge in [0.05, 0.1) is 24.4 Å². The van der Waals surface area contributed by atoms with E-state index in [4.69, 9.17) is 0 Å². The lowest BCUT2D eigenvalue weighted by Crippen LogP contribution is -2.09. The predicted octanol–water partition coefficient (Wildman–Crippen LogP) is 2.38. The smallest absolute Gasteiger partial charge is 0.416 e. The summed E-state index contributed by atoms with van der Waals surface area (Å²) in [5.41, 5.74) is -0.496. The molecule has 0 spiro atoms. The van der Waals surface area contributed by atoms with Gasteiger partial charge in [0.2, 0.25) is 0 Å². The third kappa shape index (κ3) is 2.79. The van der Waals surface area contributed by atoms with Crippen molar-refractivity contribution in [1.29, 1.82) is 0 Å². The van der Waals surface area contributed by atoms with Gasteiger partial charge in [0.1, 0.15) is 0 Å². The van der Waals surface area contributed by atoms with Gasteiger partial charge in [-0.2, -0.15) is 18.3 Å². The second kappa shape index (κ2) is 4.95. The number of ether oxygens (including phenoxy) is 1. The third-order valence-electron chi connectivity index (χ3n) is 2.51. The molecule has 2 aromatic rings. The van der Waals surface area contributed by atoms with Crippen molar-refractivity contribution in [2.75, 3.05) is 7.11 Å². The summed E-state index contributed by atoms with van der Waals surface area (Å²) in [5.74, 6) is -0.646. The molecule has 5 nitrogen and oxygen atoms in total. The van der Waals surface area contributed by atoms with Crippen LogP contribution in [0.15, 0.2) is 24.5 Å². The highest BCUT2D eigenvalue weighted by molar-refractivity contribution is 5.88. The molecule has 2 aromatic heterocycles. The number of carbonyl (C=O) groups excluding carboxylic acids is 1. The minimum Gasteiger partial charge on any atom is -0.465 e. The largest absolute Gasteiger partial charge is 0.465 e. The first-order chi connectivity index (χ1) is 9.31. The summed E-state index contributed by atoms with van der Waals surface area (Å²) in [6.45, 7) is 1.45. The summed E-state index contributed by atoms with van der Waals surface area (Å²) >= 11 is 0. The summed E-state index contributed by atoms with van der Waals surface area (Å²) in [6.07, 6.45) is -2.02. The minimum absolute atomic E-state index is 0.0209. The first-order valence-electron chi connectivity index (χ1n) is 5.50. The van der Waals surface area contributed by atoms with Crippen LogP contribution in [0, 0.1) is 6.92 Å². The number of carbonyl (C=O) groups is 1. The zero-order valence-electron chi connectivity index (χ0n) is 10.6. The number of hydrogen-bond donors (Lipinski definition) is 0. The second-order valence-electron chi connectivity index (χ2n) is 4.02. The number of aryl methyl sites for hydroxylation is 1. The highest BCUT2D eigenvalue weighted by atomic mass is 19.4. The van der Waals surface area contributed by atoms with Crippen molar-refractivity contribution in [2.45, 2.75) is 13.1 Å². The number of nitrogens with zero attached hydrogens (tertiary/aromatic N) is 3. The van der Waals surface area contributed by atoms with Crippen molar-refractivity contribution >= 4 is 5.97 Å². The van der Waals surface area contributed by atoms with Crippen LogP contribution in [0.1, 0.15) is 21.6 Å². The standard InChI is InChI=1S/C12H10F3N3O2/c1-7-3-9(12(13,14)15)4-10(17-7)18-6-8(5-16-18)11(19)20-2/h3-6H,1-2H3. The molecule has 0 saturated carbocycles. The van der Waals surface area contributed by atoms with Crippen molar-refractivity contribution in [1.82, 2.24) is 14.8 Å². The molecule has 0 bridgehead atoms. The summed E-state index contributed by atoms with van der Waals surface area (Å²) < 4.78 is 43.7. The highest BCUT2D eigenvalue weighted by Gasteiger charge is 2.31. The summed E-state index contributed by atoms with van der Waals surface area (Å²) in [6, 6.07) is 1.80. The van der Waals surface area contributed by atoms with Crippen LogP contribution in [-0.2, 0) is 10.9 Å². The quantitative estimate of drug-likeness (QED) is 0.795. The molecule has 106 valence electrons. The van der Waals surface area contributed by atoms with E-state index in [1.807, 2.05) is 0 Å². The van der Waals surface area contributed by atoms with Crippen molar-refractivity contribution in [3.8, 4) is 5.82 Å². The molecule has 2 heterocycles. The molecule has 0 aliphatic carbocycles. The molecule has 0 aliphatic rings. The van der Waals surface area contributed by atoms with Crippen molar-refractivity contribution < 1.29 is 22.7 Å². The van der Waals surface area contributed by atoms with E-state index < -0.39 is 17.7 Å². The lowest BCUT2D eigenvalue weighted by atomic mass is 10.2. The molecule has 0 radical (unpaired) electrons. The van der Waals surface area contributed by atoms with Gasteiger partial charge in [-0.25, -0.2) is 14.5 Å². The number of rotatable bonds is 2.